The van der Waals surface area contributed by atoms with E-state index < -0.39 is 5.97 Å². The van der Waals surface area contributed by atoms with Crippen LogP contribution >= 0.6 is 0 Å². The molecule has 1 amide bonds. The normalized spacial score (nSPS) is 14.8. The maximum absolute atomic E-state index is 11.8. The molecule has 0 aliphatic rings. The zero-order valence-corrected chi connectivity index (χ0v) is 14.1. The number of hydrogen-bond acceptors (Lipinski definition) is 3. The third-order valence-electron chi connectivity index (χ3n) is 4.03. The molecule has 124 valence electrons. The van der Waals surface area contributed by atoms with Crippen LogP contribution in [0.4, 0.5) is 0 Å². The highest BCUT2D eigenvalue weighted by atomic mass is 16.4. The van der Waals surface area contributed by atoms with Crippen molar-refractivity contribution in [2.45, 2.75) is 66.3 Å². The lowest BCUT2D eigenvalue weighted by atomic mass is 9.85. The van der Waals surface area contributed by atoms with Crippen LogP contribution in [-0.4, -0.2) is 29.6 Å². The van der Waals surface area contributed by atoms with Gasteiger partial charge in [-0.3, -0.25) is 9.59 Å². The topological polar surface area (TPSA) is 92.4 Å². The largest absolute Gasteiger partial charge is 0.481 e. The molecule has 0 heterocycles. The second-order valence-electron chi connectivity index (χ2n) is 7.25. The average molecular weight is 300 g/mol. The molecule has 5 heteroatoms. The molecular weight excluding hydrogens is 268 g/mol. The number of carboxylic acids is 1. The molecule has 0 aromatic rings. The summed E-state index contributed by atoms with van der Waals surface area (Å²) in [4.78, 5) is 22.5. The quantitative estimate of drug-likeness (QED) is 0.609. The van der Waals surface area contributed by atoms with Crippen molar-refractivity contribution >= 4 is 11.9 Å². The molecule has 21 heavy (non-hydrogen) atoms. The van der Waals surface area contributed by atoms with Crippen LogP contribution in [0.15, 0.2) is 0 Å². The molecule has 0 aliphatic heterocycles. The molecule has 0 radical (unpaired) electrons. The Labute approximate surface area is 128 Å². The van der Waals surface area contributed by atoms with E-state index in [9.17, 15) is 9.59 Å². The number of carbonyl (C=O) groups excluding carboxylic acids is 1. The van der Waals surface area contributed by atoms with Gasteiger partial charge in [0.25, 0.3) is 0 Å². The van der Waals surface area contributed by atoms with E-state index in [0.29, 0.717) is 31.2 Å². The van der Waals surface area contributed by atoms with Gasteiger partial charge in [0.2, 0.25) is 5.91 Å². The first-order valence-corrected chi connectivity index (χ1v) is 7.78. The van der Waals surface area contributed by atoms with Crippen LogP contribution in [0.1, 0.15) is 60.3 Å². The molecule has 2 unspecified atom stereocenters. The number of rotatable bonds is 9. The summed E-state index contributed by atoms with van der Waals surface area (Å²) in [6.07, 6.45) is 1.97. The Bertz CT molecular complexity index is 335. The second kappa shape index (κ2) is 9.03. The standard InChI is InChI=1S/C16H32N2O3/c1-11(2)12(6-7-15(20)21)8-9-18-14(19)10-13(17)16(3,4)5/h11-13H,6-10,17H2,1-5H3,(H,18,19)(H,20,21). The molecule has 0 saturated carbocycles. The van der Waals surface area contributed by atoms with Gasteiger partial charge in [0.15, 0.2) is 0 Å². The summed E-state index contributed by atoms with van der Waals surface area (Å²) in [5.41, 5.74) is 5.90. The van der Waals surface area contributed by atoms with Gasteiger partial charge in [-0.2, -0.15) is 0 Å². The summed E-state index contributed by atoms with van der Waals surface area (Å²) >= 11 is 0. The third kappa shape index (κ3) is 9.45. The van der Waals surface area contributed by atoms with Gasteiger partial charge in [0.1, 0.15) is 0 Å². The lowest BCUT2D eigenvalue weighted by Crippen LogP contribution is -2.40. The molecule has 0 aromatic heterocycles. The van der Waals surface area contributed by atoms with Crippen molar-refractivity contribution in [2.24, 2.45) is 23.0 Å². The fourth-order valence-electron chi connectivity index (χ4n) is 2.09. The highest BCUT2D eigenvalue weighted by Gasteiger charge is 2.23. The van der Waals surface area contributed by atoms with Gasteiger partial charge in [-0.25, -0.2) is 0 Å². The van der Waals surface area contributed by atoms with E-state index in [1.54, 1.807) is 0 Å². The summed E-state index contributed by atoms with van der Waals surface area (Å²) in [7, 11) is 0. The lowest BCUT2D eigenvalue weighted by molar-refractivity contribution is -0.137. The number of carboxylic acid groups (broad SMARTS) is 1. The number of nitrogens with two attached hydrogens (primary N) is 1. The van der Waals surface area contributed by atoms with Crippen molar-refractivity contribution in [1.29, 1.82) is 0 Å². The highest BCUT2D eigenvalue weighted by Crippen LogP contribution is 2.21. The number of carbonyl (C=O) groups is 2. The first-order valence-electron chi connectivity index (χ1n) is 7.78. The van der Waals surface area contributed by atoms with E-state index in [0.717, 1.165) is 6.42 Å². The highest BCUT2D eigenvalue weighted by molar-refractivity contribution is 5.76. The number of aliphatic carboxylic acids is 1. The van der Waals surface area contributed by atoms with E-state index in [4.69, 9.17) is 10.8 Å². The molecule has 5 nitrogen and oxygen atoms in total. The van der Waals surface area contributed by atoms with Crippen LogP contribution in [0.5, 0.6) is 0 Å². The van der Waals surface area contributed by atoms with Gasteiger partial charge in [-0.1, -0.05) is 34.6 Å². The average Bonchev–Trinajstić information content (AvgIpc) is 2.31. The molecule has 0 spiro atoms. The summed E-state index contributed by atoms with van der Waals surface area (Å²) < 4.78 is 0. The first kappa shape index (κ1) is 19.9. The van der Waals surface area contributed by atoms with Gasteiger partial charge < -0.3 is 16.2 Å². The van der Waals surface area contributed by atoms with Crippen molar-refractivity contribution in [3.8, 4) is 0 Å². The van der Waals surface area contributed by atoms with Gasteiger partial charge >= 0.3 is 5.97 Å². The minimum absolute atomic E-state index is 0.0295. The Morgan fingerprint density at radius 1 is 1.19 bits per heavy atom. The number of nitrogens with one attached hydrogen (secondary N) is 1. The SMILES string of the molecule is CC(C)C(CCNC(=O)CC(N)C(C)(C)C)CCC(=O)O. The van der Waals surface area contributed by atoms with Crippen LogP contribution in [0.25, 0.3) is 0 Å². The van der Waals surface area contributed by atoms with E-state index >= 15 is 0 Å². The Morgan fingerprint density at radius 3 is 2.19 bits per heavy atom. The Hall–Kier alpha value is -1.10. The van der Waals surface area contributed by atoms with Crippen LogP contribution in [0.3, 0.4) is 0 Å². The number of amides is 1. The minimum atomic E-state index is -0.763. The van der Waals surface area contributed by atoms with Crippen molar-refractivity contribution in [2.75, 3.05) is 6.54 Å². The van der Waals surface area contributed by atoms with Crippen molar-refractivity contribution < 1.29 is 14.7 Å². The van der Waals surface area contributed by atoms with Crippen molar-refractivity contribution in [3.05, 3.63) is 0 Å². The molecule has 0 fully saturated rings. The van der Waals surface area contributed by atoms with Crippen LogP contribution < -0.4 is 11.1 Å². The summed E-state index contributed by atoms with van der Waals surface area (Å²) in [5, 5.41) is 11.6. The maximum Gasteiger partial charge on any atom is 0.303 e. The fraction of sp³-hybridized carbons (Fsp3) is 0.875. The van der Waals surface area contributed by atoms with E-state index in [-0.39, 0.29) is 23.8 Å². The predicted octanol–water partition coefficient (Wildman–Crippen LogP) is 2.39. The predicted molar refractivity (Wildman–Crippen MR) is 84.9 cm³/mol. The molecule has 2 atom stereocenters. The van der Waals surface area contributed by atoms with E-state index in [2.05, 4.69) is 19.2 Å². The Balaban J connectivity index is 4.08. The summed E-state index contributed by atoms with van der Waals surface area (Å²) in [6, 6.07) is -0.162. The minimum Gasteiger partial charge on any atom is -0.481 e. The van der Waals surface area contributed by atoms with Gasteiger partial charge in [0, 0.05) is 25.4 Å². The van der Waals surface area contributed by atoms with Gasteiger partial charge in [0.05, 0.1) is 0 Å². The zero-order chi connectivity index (χ0) is 16.6. The Kier molecular flexibility index (Phi) is 8.55. The van der Waals surface area contributed by atoms with E-state index in [1.165, 1.54) is 0 Å². The fourth-order valence-corrected chi connectivity index (χ4v) is 2.09. The second-order valence-corrected chi connectivity index (χ2v) is 7.25. The lowest BCUT2D eigenvalue weighted by Gasteiger charge is -2.26. The molecule has 0 saturated heterocycles. The third-order valence-corrected chi connectivity index (χ3v) is 4.03. The molecule has 0 aromatic carbocycles. The zero-order valence-electron chi connectivity index (χ0n) is 14.1. The molecule has 0 rings (SSSR count). The summed E-state index contributed by atoms with van der Waals surface area (Å²) in [5.74, 6) is -0.0604. The molecule has 0 bridgehead atoms. The smallest absolute Gasteiger partial charge is 0.303 e. The molecule has 0 aliphatic carbocycles. The van der Waals surface area contributed by atoms with E-state index in [1.807, 2.05) is 20.8 Å². The summed E-state index contributed by atoms with van der Waals surface area (Å²) in [6.45, 7) is 10.8. The molecule has 4 N–H and O–H groups in total. The monoisotopic (exact) mass is 300 g/mol. The number of hydrogen-bond donors (Lipinski definition) is 3. The van der Waals surface area contributed by atoms with Crippen molar-refractivity contribution in [3.63, 3.8) is 0 Å². The van der Waals surface area contributed by atoms with Gasteiger partial charge in [-0.15, -0.1) is 0 Å². The van der Waals surface area contributed by atoms with Crippen LogP contribution in [0.2, 0.25) is 0 Å². The first-order chi connectivity index (χ1) is 9.54. The maximum atomic E-state index is 11.8. The van der Waals surface area contributed by atoms with Crippen LogP contribution in [0, 0.1) is 17.3 Å². The molecular formula is C16H32N2O3. The Morgan fingerprint density at radius 2 is 1.76 bits per heavy atom. The van der Waals surface area contributed by atoms with Gasteiger partial charge in [-0.05, 0) is 30.1 Å². The van der Waals surface area contributed by atoms with Crippen molar-refractivity contribution in [1.82, 2.24) is 5.32 Å². The van der Waals surface area contributed by atoms with Crippen LogP contribution in [-0.2, 0) is 9.59 Å².